The van der Waals surface area contributed by atoms with E-state index in [0.717, 1.165) is 26.3 Å². The first-order valence-corrected chi connectivity index (χ1v) is 5.56. The second-order valence-corrected chi connectivity index (χ2v) is 4.99. The van der Waals surface area contributed by atoms with E-state index in [4.69, 9.17) is 4.74 Å². The zero-order valence-electron chi connectivity index (χ0n) is 9.81. The highest BCUT2D eigenvalue weighted by molar-refractivity contribution is 4.82. The summed E-state index contributed by atoms with van der Waals surface area (Å²) in [6, 6.07) is 0. The number of hydrogen-bond acceptors (Lipinski definition) is 3. The van der Waals surface area contributed by atoms with Gasteiger partial charge in [0.05, 0.1) is 13.2 Å². The fourth-order valence-corrected chi connectivity index (χ4v) is 1.62. The van der Waals surface area contributed by atoms with Crippen LogP contribution in [0, 0.1) is 5.41 Å². The van der Waals surface area contributed by atoms with Crippen LogP contribution >= 0.6 is 0 Å². The molecule has 1 saturated heterocycles. The van der Waals surface area contributed by atoms with Gasteiger partial charge in [0.15, 0.2) is 0 Å². The van der Waals surface area contributed by atoms with Gasteiger partial charge in [-0.2, -0.15) is 0 Å². The molecule has 1 aliphatic heterocycles. The Morgan fingerprint density at radius 3 is 2.50 bits per heavy atom. The van der Waals surface area contributed by atoms with Crippen molar-refractivity contribution in [2.45, 2.75) is 19.8 Å². The molecule has 0 aliphatic carbocycles. The maximum absolute atomic E-state index is 5.20. The number of nitrogens with zero attached hydrogens (tertiary/aromatic N) is 1. The molecule has 0 amide bonds. The van der Waals surface area contributed by atoms with E-state index in [1.165, 1.54) is 19.4 Å². The summed E-state index contributed by atoms with van der Waals surface area (Å²) in [5.41, 5.74) is 0.418. The number of unbranched alkanes of at least 4 members (excludes halogenated alkanes) is 1. The highest BCUT2D eigenvalue weighted by atomic mass is 16.5. The van der Waals surface area contributed by atoms with Crippen molar-refractivity contribution >= 4 is 0 Å². The van der Waals surface area contributed by atoms with Gasteiger partial charge in [0.25, 0.3) is 0 Å². The molecule has 3 heteroatoms. The van der Waals surface area contributed by atoms with E-state index < -0.39 is 0 Å². The van der Waals surface area contributed by atoms with Crippen LogP contribution in [0.5, 0.6) is 0 Å². The van der Waals surface area contributed by atoms with E-state index in [1.807, 2.05) is 0 Å². The summed E-state index contributed by atoms with van der Waals surface area (Å²) < 4.78 is 5.20. The molecule has 0 saturated carbocycles. The van der Waals surface area contributed by atoms with Crippen LogP contribution in [0.3, 0.4) is 0 Å². The molecule has 0 unspecified atom stereocenters. The van der Waals surface area contributed by atoms with Gasteiger partial charge in [-0.3, -0.25) is 0 Å². The fraction of sp³-hybridized carbons (Fsp3) is 1.00. The largest absolute Gasteiger partial charge is 0.380 e. The summed E-state index contributed by atoms with van der Waals surface area (Å²) in [6.45, 7) is 7.58. The molecule has 1 heterocycles. The number of ether oxygens (including phenoxy) is 1. The van der Waals surface area contributed by atoms with Crippen LogP contribution in [0.1, 0.15) is 19.8 Å². The highest BCUT2D eigenvalue weighted by Gasteiger charge is 2.32. The van der Waals surface area contributed by atoms with Crippen molar-refractivity contribution in [1.82, 2.24) is 10.2 Å². The number of hydrogen-bond donors (Lipinski definition) is 1. The second kappa shape index (κ2) is 5.69. The van der Waals surface area contributed by atoms with E-state index in [0.29, 0.717) is 5.41 Å². The van der Waals surface area contributed by atoms with E-state index >= 15 is 0 Å². The van der Waals surface area contributed by atoms with Crippen LogP contribution in [0.4, 0.5) is 0 Å². The summed E-state index contributed by atoms with van der Waals surface area (Å²) in [7, 11) is 4.25. The molecular formula is C11H24N2O. The normalized spacial score (nSPS) is 19.7. The molecule has 0 aromatic heterocycles. The molecule has 3 nitrogen and oxygen atoms in total. The average Bonchev–Trinajstić information content (AvgIpc) is 2.07. The third-order valence-electron chi connectivity index (χ3n) is 2.66. The molecule has 0 aromatic carbocycles. The smallest absolute Gasteiger partial charge is 0.0554 e. The Bertz CT molecular complexity index is 155. The first-order chi connectivity index (χ1) is 6.62. The lowest BCUT2D eigenvalue weighted by Crippen LogP contribution is -2.47. The first kappa shape index (κ1) is 12.0. The van der Waals surface area contributed by atoms with Gasteiger partial charge in [0.2, 0.25) is 0 Å². The maximum atomic E-state index is 5.20. The van der Waals surface area contributed by atoms with Crippen LogP contribution in [0.2, 0.25) is 0 Å². The quantitative estimate of drug-likeness (QED) is 0.619. The van der Waals surface area contributed by atoms with Crippen molar-refractivity contribution in [3.05, 3.63) is 0 Å². The van der Waals surface area contributed by atoms with Crippen LogP contribution in [0.15, 0.2) is 0 Å². The van der Waals surface area contributed by atoms with E-state index in [-0.39, 0.29) is 0 Å². The molecule has 1 fully saturated rings. The van der Waals surface area contributed by atoms with Crippen molar-refractivity contribution in [3.63, 3.8) is 0 Å². The van der Waals surface area contributed by atoms with Gasteiger partial charge >= 0.3 is 0 Å². The summed E-state index contributed by atoms with van der Waals surface area (Å²) in [6.07, 6.45) is 2.56. The molecule has 1 N–H and O–H groups in total. The lowest BCUT2D eigenvalue weighted by atomic mass is 9.89. The Balaban J connectivity index is 1.84. The van der Waals surface area contributed by atoms with Crippen LogP contribution in [0.25, 0.3) is 0 Å². The molecule has 84 valence electrons. The minimum absolute atomic E-state index is 0.418. The molecule has 1 rings (SSSR count). The zero-order valence-corrected chi connectivity index (χ0v) is 9.81. The third kappa shape index (κ3) is 4.40. The topological polar surface area (TPSA) is 24.5 Å². The van der Waals surface area contributed by atoms with Gasteiger partial charge in [0.1, 0.15) is 0 Å². The molecule has 1 aliphatic rings. The van der Waals surface area contributed by atoms with E-state index in [1.54, 1.807) is 0 Å². The van der Waals surface area contributed by atoms with Crippen molar-refractivity contribution in [1.29, 1.82) is 0 Å². The van der Waals surface area contributed by atoms with E-state index in [9.17, 15) is 0 Å². The fourth-order valence-electron chi connectivity index (χ4n) is 1.62. The monoisotopic (exact) mass is 200 g/mol. The van der Waals surface area contributed by atoms with Crippen LogP contribution in [-0.2, 0) is 4.74 Å². The van der Waals surface area contributed by atoms with Gasteiger partial charge < -0.3 is 15.0 Å². The lowest BCUT2D eigenvalue weighted by Gasteiger charge is -2.38. The summed E-state index contributed by atoms with van der Waals surface area (Å²) in [4.78, 5) is 2.24. The van der Waals surface area contributed by atoms with Gasteiger partial charge in [-0.05, 0) is 40.0 Å². The SMILES string of the molecule is CN(C)CCCCNCC1(C)COC1. The molecule has 0 spiro atoms. The summed E-state index contributed by atoms with van der Waals surface area (Å²) in [5, 5.41) is 3.50. The Kier molecular flexibility index (Phi) is 4.85. The number of rotatable bonds is 7. The third-order valence-corrected chi connectivity index (χ3v) is 2.66. The predicted octanol–water partition coefficient (Wildman–Crippen LogP) is 0.954. The molecule has 14 heavy (non-hydrogen) atoms. The van der Waals surface area contributed by atoms with Gasteiger partial charge in [-0.1, -0.05) is 6.92 Å². The van der Waals surface area contributed by atoms with Crippen molar-refractivity contribution in [2.24, 2.45) is 5.41 Å². The summed E-state index contributed by atoms with van der Waals surface area (Å²) >= 11 is 0. The predicted molar refractivity (Wildman–Crippen MR) is 59.6 cm³/mol. The van der Waals surface area contributed by atoms with Gasteiger partial charge in [-0.15, -0.1) is 0 Å². The van der Waals surface area contributed by atoms with E-state index in [2.05, 4.69) is 31.2 Å². The Morgan fingerprint density at radius 1 is 1.29 bits per heavy atom. The average molecular weight is 200 g/mol. The van der Waals surface area contributed by atoms with Gasteiger partial charge in [0, 0.05) is 12.0 Å². The number of nitrogens with one attached hydrogen (secondary N) is 1. The lowest BCUT2D eigenvalue weighted by molar-refractivity contribution is -0.0989. The van der Waals surface area contributed by atoms with Crippen LogP contribution < -0.4 is 5.32 Å². The molecule has 0 radical (unpaired) electrons. The standard InChI is InChI=1S/C11H24N2O/c1-11(9-14-10-11)8-12-6-4-5-7-13(2)3/h12H,4-10H2,1-3H3. The highest BCUT2D eigenvalue weighted by Crippen LogP contribution is 2.24. The Hall–Kier alpha value is -0.120. The maximum Gasteiger partial charge on any atom is 0.0554 e. The first-order valence-electron chi connectivity index (χ1n) is 5.56. The Morgan fingerprint density at radius 2 is 2.00 bits per heavy atom. The van der Waals surface area contributed by atoms with Crippen molar-refractivity contribution < 1.29 is 4.74 Å². The molecule has 0 atom stereocenters. The second-order valence-electron chi connectivity index (χ2n) is 4.99. The molecule has 0 aromatic rings. The Labute approximate surface area is 87.8 Å². The minimum atomic E-state index is 0.418. The van der Waals surface area contributed by atoms with Crippen molar-refractivity contribution in [3.8, 4) is 0 Å². The minimum Gasteiger partial charge on any atom is -0.380 e. The zero-order chi connectivity index (χ0) is 10.4. The molecule has 0 bridgehead atoms. The van der Waals surface area contributed by atoms with Crippen LogP contribution in [-0.4, -0.2) is 51.8 Å². The summed E-state index contributed by atoms with van der Waals surface area (Å²) in [5.74, 6) is 0. The molecular weight excluding hydrogens is 176 g/mol. The van der Waals surface area contributed by atoms with Gasteiger partial charge in [-0.25, -0.2) is 0 Å². The van der Waals surface area contributed by atoms with Crippen molar-refractivity contribution in [2.75, 3.05) is 46.9 Å².